The third-order valence-corrected chi connectivity index (χ3v) is 3.04. The highest BCUT2D eigenvalue weighted by molar-refractivity contribution is 5.79. The Kier molecular flexibility index (Phi) is 3.44. The highest BCUT2D eigenvalue weighted by atomic mass is 16.5. The summed E-state index contributed by atoms with van der Waals surface area (Å²) in [4.78, 5) is 11.6. The van der Waals surface area contributed by atoms with Crippen LogP contribution in [-0.2, 0) is 11.2 Å². The lowest BCUT2D eigenvalue weighted by atomic mass is 9.91. The van der Waals surface area contributed by atoms with E-state index in [4.69, 9.17) is 4.74 Å². The minimum absolute atomic E-state index is 0.141. The molecule has 1 aliphatic rings. The van der Waals surface area contributed by atoms with Crippen molar-refractivity contribution in [2.24, 2.45) is 5.92 Å². The van der Waals surface area contributed by atoms with E-state index in [9.17, 15) is 4.79 Å². The van der Waals surface area contributed by atoms with Crippen LogP contribution in [0.3, 0.4) is 0 Å². The molecular formula is C13H17NO2. The fraction of sp³-hybridized carbons (Fsp3) is 0.462. The summed E-state index contributed by atoms with van der Waals surface area (Å²) in [5, 5.41) is 2.91. The number of hydrogen-bond acceptors (Lipinski definition) is 2. The monoisotopic (exact) mass is 219 g/mol. The van der Waals surface area contributed by atoms with Gasteiger partial charge in [0.25, 0.3) is 0 Å². The van der Waals surface area contributed by atoms with Crippen molar-refractivity contribution < 1.29 is 9.53 Å². The number of ether oxygens (including phenoxy) is 1. The van der Waals surface area contributed by atoms with Gasteiger partial charge in [0, 0.05) is 12.5 Å². The SMILES string of the molecule is COc1ccc(CC2CCCNC2=O)cc1. The summed E-state index contributed by atoms with van der Waals surface area (Å²) < 4.78 is 5.10. The number of carbonyl (C=O) groups excluding carboxylic acids is 1. The van der Waals surface area contributed by atoms with Crippen molar-refractivity contribution in [2.75, 3.05) is 13.7 Å². The molecule has 1 saturated heterocycles. The van der Waals surface area contributed by atoms with Crippen LogP contribution < -0.4 is 10.1 Å². The Morgan fingerprint density at radius 1 is 1.38 bits per heavy atom. The molecule has 3 nitrogen and oxygen atoms in total. The molecule has 1 aromatic rings. The van der Waals surface area contributed by atoms with Crippen molar-refractivity contribution in [3.8, 4) is 5.75 Å². The molecule has 0 aliphatic carbocycles. The number of piperidine rings is 1. The lowest BCUT2D eigenvalue weighted by molar-refractivity contribution is -0.126. The molecule has 2 rings (SSSR count). The van der Waals surface area contributed by atoms with E-state index >= 15 is 0 Å². The highest BCUT2D eigenvalue weighted by Gasteiger charge is 2.21. The van der Waals surface area contributed by atoms with Gasteiger partial charge in [-0.15, -0.1) is 0 Å². The van der Waals surface area contributed by atoms with E-state index in [0.717, 1.165) is 31.6 Å². The van der Waals surface area contributed by atoms with E-state index in [0.29, 0.717) is 0 Å². The third kappa shape index (κ3) is 2.54. The van der Waals surface area contributed by atoms with E-state index in [2.05, 4.69) is 5.32 Å². The van der Waals surface area contributed by atoms with Crippen LogP contribution in [0, 0.1) is 5.92 Å². The maximum atomic E-state index is 11.6. The number of nitrogens with one attached hydrogen (secondary N) is 1. The normalized spacial score (nSPS) is 20.3. The van der Waals surface area contributed by atoms with Gasteiger partial charge in [-0.1, -0.05) is 12.1 Å². The Bertz CT molecular complexity index is 359. The van der Waals surface area contributed by atoms with Gasteiger partial charge in [0.05, 0.1) is 7.11 Å². The lowest BCUT2D eigenvalue weighted by Gasteiger charge is -2.21. The first-order chi connectivity index (χ1) is 7.79. The van der Waals surface area contributed by atoms with Gasteiger partial charge in [-0.25, -0.2) is 0 Å². The average molecular weight is 219 g/mol. The fourth-order valence-electron chi connectivity index (χ4n) is 2.08. The smallest absolute Gasteiger partial charge is 0.223 e. The van der Waals surface area contributed by atoms with Gasteiger partial charge in [0.2, 0.25) is 5.91 Å². The van der Waals surface area contributed by atoms with Gasteiger partial charge in [-0.2, -0.15) is 0 Å². The Balaban J connectivity index is 1.99. The zero-order valence-corrected chi connectivity index (χ0v) is 9.53. The molecule has 1 atom stereocenters. The molecule has 1 unspecified atom stereocenters. The fourth-order valence-corrected chi connectivity index (χ4v) is 2.08. The standard InChI is InChI=1S/C13H17NO2/c1-16-12-6-4-10(5-7-12)9-11-3-2-8-14-13(11)15/h4-7,11H,2-3,8-9H2,1H3,(H,14,15). The molecule has 86 valence electrons. The Morgan fingerprint density at radius 3 is 2.75 bits per heavy atom. The molecule has 0 radical (unpaired) electrons. The van der Waals surface area contributed by atoms with Crippen molar-refractivity contribution in [3.63, 3.8) is 0 Å². The third-order valence-electron chi connectivity index (χ3n) is 3.04. The second-order valence-corrected chi connectivity index (χ2v) is 4.18. The molecule has 1 amide bonds. The molecule has 0 saturated carbocycles. The predicted molar refractivity (Wildman–Crippen MR) is 62.4 cm³/mol. The van der Waals surface area contributed by atoms with Crippen LogP contribution in [-0.4, -0.2) is 19.6 Å². The summed E-state index contributed by atoms with van der Waals surface area (Å²) >= 11 is 0. The second-order valence-electron chi connectivity index (χ2n) is 4.18. The zero-order chi connectivity index (χ0) is 11.4. The molecule has 1 fully saturated rings. The van der Waals surface area contributed by atoms with E-state index in [1.165, 1.54) is 5.56 Å². The number of hydrogen-bond donors (Lipinski definition) is 1. The summed E-state index contributed by atoms with van der Waals surface area (Å²) in [5.74, 6) is 1.20. The average Bonchev–Trinajstić information content (AvgIpc) is 2.33. The van der Waals surface area contributed by atoms with E-state index in [1.54, 1.807) is 7.11 Å². The molecule has 1 heterocycles. The maximum absolute atomic E-state index is 11.6. The molecule has 3 heteroatoms. The number of carbonyl (C=O) groups is 1. The van der Waals surface area contributed by atoms with Gasteiger partial charge in [0.15, 0.2) is 0 Å². The summed E-state index contributed by atoms with van der Waals surface area (Å²) in [7, 11) is 1.66. The van der Waals surface area contributed by atoms with Crippen molar-refractivity contribution in [1.29, 1.82) is 0 Å². The van der Waals surface area contributed by atoms with E-state index in [-0.39, 0.29) is 11.8 Å². The Labute approximate surface area is 95.8 Å². The van der Waals surface area contributed by atoms with E-state index in [1.807, 2.05) is 24.3 Å². The topological polar surface area (TPSA) is 38.3 Å². The van der Waals surface area contributed by atoms with Crippen molar-refractivity contribution >= 4 is 5.91 Å². The van der Waals surface area contributed by atoms with Crippen LogP contribution >= 0.6 is 0 Å². The van der Waals surface area contributed by atoms with Crippen LogP contribution in [0.4, 0.5) is 0 Å². The van der Waals surface area contributed by atoms with Crippen LogP contribution in [0.25, 0.3) is 0 Å². The molecule has 1 aliphatic heterocycles. The van der Waals surface area contributed by atoms with Gasteiger partial charge in [-0.05, 0) is 37.0 Å². The van der Waals surface area contributed by atoms with Crippen molar-refractivity contribution in [3.05, 3.63) is 29.8 Å². The van der Waals surface area contributed by atoms with Gasteiger partial charge in [0.1, 0.15) is 5.75 Å². The molecule has 1 N–H and O–H groups in total. The predicted octanol–water partition coefficient (Wildman–Crippen LogP) is 1.76. The summed E-state index contributed by atoms with van der Waals surface area (Å²) in [6.07, 6.45) is 2.92. The van der Waals surface area contributed by atoms with E-state index < -0.39 is 0 Å². The zero-order valence-electron chi connectivity index (χ0n) is 9.53. The molecule has 0 bridgehead atoms. The largest absolute Gasteiger partial charge is 0.497 e. The first kappa shape index (κ1) is 11.0. The Morgan fingerprint density at radius 2 is 2.12 bits per heavy atom. The highest BCUT2D eigenvalue weighted by Crippen LogP contribution is 2.19. The lowest BCUT2D eigenvalue weighted by Crippen LogP contribution is -2.37. The summed E-state index contributed by atoms with van der Waals surface area (Å²) in [6.45, 7) is 0.831. The molecule has 0 spiro atoms. The van der Waals surface area contributed by atoms with Gasteiger partial charge in [-0.3, -0.25) is 4.79 Å². The van der Waals surface area contributed by atoms with Crippen LogP contribution in [0.15, 0.2) is 24.3 Å². The summed E-state index contributed by atoms with van der Waals surface area (Å²) in [6, 6.07) is 7.94. The van der Waals surface area contributed by atoms with Gasteiger partial charge >= 0.3 is 0 Å². The van der Waals surface area contributed by atoms with Crippen LogP contribution in [0.1, 0.15) is 18.4 Å². The first-order valence-electron chi connectivity index (χ1n) is 5.70. The minimum Gasteiger partial charge on any atom is -0.497 e. The quantitative estimate of drug-likeness (QED) is 0.841. The van der Waals surface area contributed by atoms with Crippen molar-refractivity contribution in [2.45, 2.75) is 19.3 Å². The molecule has 0 aromatic heterocycles. The Hall–Kier alpha value is -1.51. The molecular weight excluding hydrogens is 202 g/mol. The summed E-state index contributed by atoms with van der Waals surface area (Å²) in [5.41, 5.74) is 1.20. The molecule has 1 aromatic carbocycles. The number of methoxy groups -OCH3 is 1. The number of amides is 1. The van der Waals surface area contributed by atoms with Crippen LogP contribution in [0.2, 0.25) is 0 Å². The minimum atomic E-state index is 0.141. The first-order valence-corrected chi connectivity index (χ1v) is 5.70. The van der Waals surface area contributed by atoms with Gasteiger partial charge < -0.3 is 10.1 Å². The van der Waals surface area contributed by atoms with Crippen molar-refractivity contribution in [1.82, 2.24) is 5.32 Å². The maximum Gasteiger partial charge on any atom is 0.223 e. The second kappa shape index (κ2) is 5.01. The molecule has 16 heavy (non-hydrogen) atoms. The number of rotatable bonds is 3. The van der Waals surface area contributed by atoms with Crippen LogP contribution in [0.5, 0.6) is 5.75 Å². The number of benzene rings is 1.